The number of carbonyl (C=O) groups excluding carboxylic acids is 2. The van der Waals surface area contributed by atoms with Crippen LogP contribution in [0.4, 0.5) is 21.5 Å². The molecule has 0 fully saturated rings. The zero-order valence-corrected chi connectivity index (χ0v) is 14.6. The Balaban J connectivity index is 1.82. The van der Waals surface area contributed by atoms with Crippen molar-refractivity contribution in [2.75, 3.05) is 10.6 Å². The van der Waals surface area contributed by atoms with Crippen LogP contribution in [-0.4, -0.2) is 16.7 Å². The van der Waals surface area contributed by atoms with Crippen LogP contribution in [0.5, 0.6) is 0 Å². The summed E-state index contributed by atoms with van der Waals surface area (Å²) in [7, 11) is 0. The van der Waals surface area contributed by atoms with Gasteiger partial charge in [0.05, 0.1) is 16.9 Å². The number of halogens is 1. The molecule has 0 bridgehead atoms. The van der Waals surface area contributed by atoms with Crippen LogP contribution in [0.2, 0.25) is 0 Å². The Morgan fingerprint density at radius 1 is 1.04 bits per heavy atom. The molecule has 0 saturated heterocycles. The molecule has 142 valence electrons. The summed E-state index contributed by atoms with van der Waals surface area (Å²) in [5.74, 6) is -1.88. The minimum atomic E-state index is -0.808. The predicted molar refractivity (Wildman–Crippen MR) is 98.8 cm³/mol. The molecule has 3 rings (SSSR count). The molecule has 0 atom stereocenters. The van der Waals surface area contributed by atoms with Gasteiger partial charge in [0.15, 0.2) is 5.76 Å². The van der Waals surface area contributed by atoms with Gasteiger partial charge in [0.25, 0.3) is 17.5 Å². The number of anilines is 2. The summed E-state index contributed by atoms with van der Waals surface area (Å²) in [4.78, 5) is 34.7. The van der Waals surface area contributed by atoms with E-state index in [1.807, 2.05) is 0 Å². The highest BCUT2D eigenvalue weighted by Crippen LogP contribution is 2.23. The molecule has 0 saturated carbocycles. The number of aryl methyl sites for hydroxylation is 1. The van der Waals surface area contributed by atoms with E-state index in [9.17, 15) is 24.1 Å². The minimum Gasteiger partial charge on any atom is -0.459 e. The molecule has 9 heteroatoms. The first-order valence-corrected chi connectivity index (χ1v) is 8.06. The summed E-state index contributed by atoms with van der Waals surface area (Å²) in [5, 5.41) is 15.8. The maximum Gasteiger partial charge on any atom is 0.291 e. The SMILES string of the molecule is Cc1ccc(C(=O)Nc2cc([N+](=O)[O-])ccc2F)cc1NC(=O)c1ccco1. The van der Waals surface area contributed by atoms with Gasteiger partial charge in [-0.05, 0) is 42.8 Å². The quantitative estimate of drug-likeness (QED) is 0.508. The Morgan fingerprint density at radius 2 is 1.79 bits per heavy atom. The van der Waals surface area contributed by atoms with Crippen LogP contribution in [0.15, 0.2) is 59.2 Å². The molecule has 1 heterocycles. The van der Waals surface area contributed by atoms with Crippen LogP contribution in [0.25, 0.3) is 0 Å². The molecule has 28 heavy (non-hydrogen) atoms. The van der Waals surface area contributed by atoms with E-state index in [0.717, 1.165) is 18.2 Å². The third kappa shape index (κ3) is 4.04. The average Bonchev–Trinajstić information content (AvgIpc) is 3.20. The van der Waals surface area contributed by atoms with Gasteiger partial charge in [0.1, 0.15) is 5.82 Å². The van der Waals surface area contributed by atoms with Crippen molar-refractivity contribution < 1.29 is 23.3 Å². The number of nitro benzene ring substituents is 1. The number of nitrogens with zero attached hydrogens (tertiary/aromatic N) is 1. The lowest BCUT2D eigenvalue weighted by Crippen LogP contribution is -2.16. The topological polar surface area (TPSA) is 114 Å². The van der Waals surface area contributed by atoms with Crippen molar-refractivity contribution in [3.8, 4) is 0 Å². The second-order valence-electron chi connectivity index (χ2n) is 5.84. The molecular formula is C19H14FN3O5. The maximum absolute atomic E-state index is 13.9. The molecule has 0 spiro atoms. The molecule has 2 N–H and O–H groups in total. The number of nitro groups is 1. The second kappa shape index (κ2) is 7.70. The van der Waals surface area contributed by atoms with E-state index in [1.54, 1.807) is 19.1 Å². The number of furan rings is 1. The van der Waals surface area contributed by atoms with Gasteiger partial charge in [-0.15, -0.1) is 0 Å². The summed E-state index contributed by atoms with van der Waals surface area (Å²) in [5.41, 5.74) is 0.519. The van der Waals surface area contributed by atoms with Crippen LogP contribution in [-0.2, 0) is 0 Å². The Morgan fingerprint density at radius 3 is 2.46 bits per heavy atom. The van der Waals surface area contributed by atoms with Crippen LogP contribution < -0.4 is 10.6 Å². The highest BCUT2D eigenvalue weighted by molar-refractivity contribution is 6.07. The summed E-state index contributed by atoms with van der Waals surface area (Å²) in [6.07, 6.45) is 1.36. The third-order valence-electron chi connectivity index (χ3n) is 3.90. The predicted octanol–water partition coefficient (Wildman–Crippen LogP) is 4.14. The number of nitrogens with one attached hydrogen (secondary N) is 2. The van der Waals surface area contributed by atoms with Crippen molar-refractivity contribution in [2.24, 2.45) is 0 Å². The van der Waals surface area contributed by atoms with E-state index in [0.29, 0.717) is 11.3 Å². The number of rotatable bonds is 5. The number of amides is 2. The van der Waals surface area contributed by atoms with Crippen LogP contribution in [0, 0.1) is 22.9 Å². The van der Waals surface area contributed by atoms with Crippen molar-refractivity contribution in [3.05, 3.63) is 87.6 Å². The Kier molecular flexibility index (Phi) is 5.16. The maximum atomic E-state index is 13.9. The largest absolute Gasteiger partial charge is 0.459 e. The van der Waals surface area contributed by atoms with Crippen molar-refractivity contribution >= 4 is 28.9 Å². The van der Waals surface area contributed by atoms with E-state index in [4.69, 9.17) is 4.42 Å². The highest BCUT2D eigenvalue weighted by atomic mass is 19.1. The van der Waals surface area contributed by atoms with Gasteiger partial charge in [0.2, 0.25) is 0 Å². The molecule has 3 aromatic rings. The number of hydrogen-bond acceptors (Lipinski definition) is 5. The van der Waals surface area contributed by atoms with Gasteiger partial charge in [-0.3, -0.25) is 19.7 Å². The molecule has 1 aromatic heterocycles. The first-order chi connectivity index (χ1) is 13.3. The van der Waals surface area contributed by atoms with Gasteiger partial charge >= 0.3 is 0 Å². The molecule has 2 aromatic carbocycles. The van der Waals surface area contributed by atoms with E-state index in [-0.39, 0.29) is 22.7 Å². The zero-order chi connectivity index (χ0) is 20.3. The first kappa shape index (κ1) is 18.8. The Labute approximate surface area is 158 Å². The molecule has 2 amide bonds. The van der Waals surface area contributed by atoms with E-state index >= 15 is 0 Å². The third-order valence-corrected chi connectivity index (χ3v) is 3.90. The van der Waals surface area contributed by atoms with Gasteiger partial charge in [-0.2, -0.15) is 0 Å². The fourth-order valence-electron chi connectivity index (χ4n) is 2.41. The molecule has 0 aliphatic rings. The summed E-state index contributed by atoms with van der Waals surface area (Å²) in [6, 6.07) is 10.4. The normalized spacial score (nSPS) is 10.4. The number of hydrogen-bond donors (Lipinski definition) is 2. The fraction of sp³-hybridized carbons (Fsp3) is 0.0526. The first-order valence-electron chi connectivity index (χ1n) is 8.06. The number of carbonyl (C=O) groups is 2. The lowest BCUT2D eigenvalue weighted by Gasteiger charge is -2.11. The van der Waals surface area contributed by atoms with Crippen LogP contribution >= 0.6 is 0 Å². The minimum absolute atomic E-state index is 0.105. The number of benzene rings is 2. The standard InChI is InChI=1S/C19H14FN3O5/c1-11-4-5-12(9-15(11)21-19(25)17-3-2-8-28-17)18(24)22-16-10-13(23(26)27)6-7-14(16)20/h2-10H,1H3,(H,21,25)(H,22,24). The number of non-ortho nitro benzene ring substituents is 1. The van der Waals surface area contributed by atoms with Crippen LogP contribution in [0.1, 0.15) is 26.5 Å². The summed E-state index contributed by atoms with van der Waals surface area (Å²) >= 11 is 0. The molecule has 0 unspecified atom stereocenters. The Hall–Kier alpha value is -4.01. The molecule has 0 aliphatic carbocycles. The zero-order valence-electron chi connectivity index (χ0n) is 14.6. The summed E-state index contributed by atoms with van der Waals surface area (Å²) < 4.78 is 18.9. The lowest BCUT2D eigenvalue weighted by atomic mass is 10.1. The van der Waals surface area contributed by atoms with Gasteiger partial charge < -0.3 is 15.1 Å². The molecular weight excluding hydrogens is 369 g/mol. The van der Waals surface area contributed by atoms with E-state index < -0.39 is 22.6 Å². The second-order valence-corrected chi connectivity index (χ2v) is 5.84. The van der Waals surface area contributed by atoms with E-state index in [1.165, 1.54) is 24.5 Å². The molecule has 8 nitrogen and oxygen atoms in total. The average molecular weight is 383 g/mol. The fourth-order valence-corrected chi connectivity index (χ4v) is 2.41. The van der Waals surface area contributed by atoms with Crippen molar-refractivity contribution in [2.45, 2.75) is 6.92 Å². The molecule has 0 radical (unpaired) electrons. The van der Waals surface area contributed by atoms with Gasteiger partial charge in [-0.1, -0.05) is 6.07 Å². The van der Waals surface area contributed by atoms with Gasteiger partial charge in [-0.25, -0.2) is 4.39 Å². The lowest BCUT2D eigenvalue weighted by molar-refractivity contribution is -0.384. The smallest absolute Gasteiger partial charge is 0.291 e. The van der Waals surface area contributed by atoms with Crippen molar-refractivity contribution in [3.63, 3.8) is 0 Å². The van der Waals surface area contributed by atoms with Gasteiger partial charge in [0, 0.05) is 23.4 Å². The van der Waals surface area contributed by atoms with E-state index in [2.05, 4.69) is 10.6 Å². The summed E-state index contributed by atoms with van der Waals surface area (Å²) in [6.45, 7) is 1.74. The van der Waals surface area contributed by atoms with Crippen molar-refractivity contribution in [1.82, 2.24) is 0 Å². The highest BCUT2D eigenvalue weighted by Gasteiger charge is 2.16. The van der Waals surface area contributed by atoms with Crippen LogP contribution in [0.3, 0.4) is 0 Å². The Bertz CT molecular complexity index is 1060. The molecule has 0 aliphatic heterocycles. The monoisotopic (exact) mass is 383 g/mol. The van der Waals surface area contributed by atoms with Crippen molar-refractivity contribution in [1.29, 1.82) is 0 Å².